The topological polar surface area (TPSA) is 61.4 Å². The van der Waals surface area contributed by atoms with Crippen molar-refractivity contribution in [3.05, 3.63) is 63.6 Å². The third kappa shape index (κ3) is 4.63. The number of hydrogen-bond acceptors (Lipinski definition) is 2. The van der Waals surface area contributed by atoms with Crippen molar-refractivity contribution in [2.75, 3.05) is 11.9 Å². The lowest BCUT2D eigenvalue weighted by molar-refractivity contribution is 0.175. The molecule has 0 fully saturated rings. The van der Waals surface area contributed by atoms with Crippen molar-refractivity contribution in [2.24, 2.45) is 0 Å². The zero-order chi connectivity index (χ0) is 16.1. The van der Waals surface area contributed by atoms with Gasteiger partial charge in [0.05, 0.1) is 6.10 Å². The largest absolute Gasteiger partial charge is 0.387 e. The fourth-order valence-corrected chi connectivity index (χ4v) is 2.42. The molecule has 0 aromatic heterocycles. The Morgan fingerprint density at radius 1 is 1.18 bits per heavy atom. The molecule has 0 saturated carbocycles. The summed E-state index contributed by atoms with van der Waals surface area (Å²) in [4.78, 5) is 11.8. The summed E-state index contributed by atoms with van der Waals surface area (Å²) in [6.45, 7) is 2.01. The number of aliphatic hydroxyl groups is 1. The minimum Gasteiger partial charge on any atom is -0.387 e. The van der Waals surface area contributed by atoms with Gasteiger partial charge in [0.25, 0.3) is 0 Å². The summed E-state index contributed by atoms with van der Waals surface area (Å²) in [5.74, 6) is 0. The Bertz CT molecular complexity index is 660. The lowest BCUT2D eigenvalue weighted by Gasteiger charge is -2.14. The number of aliphatic hydroxyl groups excluding tert-OH is 1. The van der Waals surface area contributed by atoms with Crippen molar-refractivity contribution >= 4 is 34.9 Å². The van der Waals surface area contributed by atoms with Gasteiger partial charge in [0, 0.05) is 27.8 Å². The van der Waals surface area contributed by atoms with E-state index in [1.165, 1.54) is 0 Å². The van der Waals surface area contributed by atoms with Crippen molar-refractivity contribution in [2.45, 2.75) is 13.0 Å². The number of nitrogens with one attached hydrogen (secondary N) is 2. The van der Waals surface area contributed by atoms with Gasteiger partial charge in [-0.3, -0.25) is 0 Å². The number of carbonyl (C=O) groups is 1. The van der Waals surface area contributed by atoms with Gasteiger partial charge >= 0.3 is 6.03 Å². The zero-order valence-electron chi connectivity index (χ0n) is 11.9. The molecular formula is C16H16Cl2N2O2. The molecule has 0 heterocycles. The van der Waals surface area contributed by atoms with Gasteiger partial charge in [0.1, 0.15) is 0 Å². The van der Waals surface area contributed by atoms with Gasteiger partial charge in [-0.1, -0.05) is 47.0 Å². The van der Waals surface area contributed by atoms with Crippen molar-refractivity contribution < 1.29 is 9.90 Å². The second kappa shape index (κ2) is 7.49. The van der Waals surface area contributed by atoms with Crippen LogP contribution in [0.5, 0.6) is 0 Å². The predicted molar refractivity (Wildman–Crippen MR) is 89.6 cm³/mol. The van der Waals surface area contributed by atoms with E-state index in [1.54, 1.807) is 30.3 Å². The number of urea groups is 1. The first-order chi connectivity index (χ1) is 10.5. The number of aryl methyl sites for hydroxylation is 1. The van der Waals surface area contributed by atoms with Crippen molar-refractivity contribution in [3.8, 4) is 0 Å². The van der Waals surface area contributed by atoms with Crippen LogP contribution in [0, 0.1) is 6.92 Å². The molecule has 4 nitrogen and oxygen atoms in total. The summed E-state index contributed by atoms with van der Waals surface area (Å²) in [5.41, 5.74) is 2.31. The van der Waals surface area contributed by atoms with Crippen LogP contribution in [0.15, 0.2) is 42.5 Å². The van der Waals surface area contributed by atoms with E-state index in [1.807, 2.05) is 19.1 Å². The lowest BCUT2D eigenvalue weighted by atomic mass is 10.1. The van der Waals surface area contributed by atoms with Crippen molar-refractivity contribution in [1.82, 2.24) is 5.32 Å². The van der Waals surface area contributed by atoms with Gasteiger partial charge in [-0.05, 0) is 31.2 Å². The molecule has 116 valence electrons. The molecule has 2 aromatic carbocycles. The average molecular weight is 339 g/mol. The highest BCUT2D eigenvalue weighted by Gasteiger charge is 2.13. The van der Waals surface area contributed by atoms with Crippen LogP contribution in [-0.2, 0) is 0 Å². The van der Waals surface area contributed by atoms with E-state index in [2.05, 4.69) is 10.6 Å². The van der Waals surface area contributed by atoms with E-state index >= 15 is 0 Å². The van der Waals surface area contributed by atoms with Crippen LogP contribution >= 0.6 is 23.2 Å². The van der Waals surface area contributed by atoms with Crippen molar-refractivity contribution in [1.29, 1.82) is 0 Å². The standard InChI is InChI=1S/C16H16Cl2N2O2/c1-10-2-5-12(6-3-10)20-16(22)19-9-15(21)13-7-4-11(17)8-14(13)18/h2-8,15,21H,9H2,1H3,(H2,19,20,22). The molecule has 0 saturated heterocycles. The number of halogens is 2. The summed E-state index contributed by atoms with van der Waals surface area (Å²) in [6, 6.07) is 11.8. The summed E-state index contributed by atoms with van der Waals surface area (Å²) < 4.78 is 0. The SMILES string of the molecule is Cc1ccc(NC(=O)NCC(O)c2ccc(Cl)cc2Cl)cc1. The minimum atomic E-state index is -0.909. The second-order valence-electron chi connectivity index (χ2n) is 4.88. The molecule has 0 spiro atoms. The summed E-state index contributed by atoms with van der Waals surface area (Å²) in [7, 11) is 0. The van der Waals surface area contributed by atoms with E-state index in [-0.39, 0.29) is 6.54 Å². The van der Waals surface area contributed by atoms with E-state index in [0.29, 0.717) is 21.3 Å². The number of hydrogen-bond donors (Lipinski definition) is 3. The summed E-state index contributed by atoms with van der Waals surface area (Å²) in [5, 5.41) is 16.2. The molecule has 6 heteroatoms. The first-order valence-corrected chi connectivity index (χ1v) is 7.46. The number of carbonyl (C=O) groups excluding carboxylic acids is 1. The smallest absolute Gasteiger partial charge is 0.319 e. The first kappa shape index (κ1) is 16.6. The normalized spacial score (nSPS) is 11.8. The predicted octanol–water partition coefficient (Wildman–Crippen LogP) is 4.16. The van der Waals surface area contributed by atoms with Gasteiger partial charge in [-0.15, -0.1) is 0 Å². The molecule has 0 aliphatic carbocycles. The molecule has 3 N–H and O–H groups in total. The molecule has 22 heavy (non-hydrogen) atoms. The van der Waals surface area contributed by atoms with Gasteiger partial charge in [0.15, 0.2) is 0 Å². The molecular weight excluding hydrogens is 323 g/mol. The lowest BCUT2D eigenvalue weighted by Crippen LogP contribution is -2.32. The van der Waals surface area contributed by atoms with Crippen LogP contribution < -0.4 is 10.6 Å². The molecule has 0 bridgehead atoms. The van der Waals surface area contributed by atoms with E-state index < -0.39 is 12.1 Å². The Kier molecular flexibility index (Phi) is 5.66. The maximum atomic E-state index is 11.8. The van der Waals surface area contributed by atoms with Crippen LogP contribution in [0.4, 0.5) is 10.5 Å². The third-order valence-electron chi connectivity index (χ3n) is 3.09. The fourth-order valence-electron chi connectivity index (χ4n) is 1.88. The van der Waals surface area contributed by atoms with Gasteiger partial charge < -0.3 is 15.7 Å². The Morgan fingerprint density at radius 3 is 2.50 bits per heavy atom. The summed E-state index contributed by atoms with van der Waals surface area (Å²) >= 11 is 11.8. The van der Waals surface area contributed by atoms with Gasteiger partial charge in [-0.2, -0.15) is 0 Å². The molecule has 1 atom stereocenters. The Labute approximate surface area is 139 Å². The monoisotopic (exact) mass is 338 g/mol. The Balaban J connectivity index is 1.88. The van der Waals surface area contributed by atoms with Crippen LogP contribution in [0.25, 0.3) is 0 Å². The van der Waals surface area contributed by atoms with E-state index in [4.69, 9.17) is 23.2 Å². The van der Waals surface area contributed by atoms with E-state index in [0.717, 1.165) is 5.56 Å². The quantitative estimate of drug-likeness (QED) is 0.783. The number of benzene rings is 2. The number of amides is 2. The molecule has 0 radical (unpaired) electrons. The Hall–Kier alpha value is -1.75. The molecule has 0 aliphatic rings. The number of anilines is 1. The molecule has 0 aliphatic heterocycles. The first-order valence-electron chi connectivity index (χ1n) is 6.70. The van der Waals surface area contributed by atoms with Gasteiger partial charge in [0.2, 0.25) is 0 Å². The van der Waals surface area contributed by atoms with Crippen LogP contribution in [-0.4, -0.2) is 17.7 Å². The van der Waals surface area contributed by atoms with Gasteiger partial charge in [-0.25, -0.2) is 4.79 Å². The molecule has 1 unspecified atom stereocenters. The van der Waals surface area contributed by atoms with E-state index in [9.17, 15) is 9.90 Å². The maximum absolute atomic E-state index is 11.8. The maximum Gasteiger partial charge on any atom is 0.319 e. The number of rotatable bonds is 4. The minimum absolute atomic E-state index is 0.0407. The zero-order valence-corrected chi connectivity index (χ0v) is 13.4. The highest BCUT2D eigenvalue weighted by molar-refractivity contribution is 6.35. The fraction of sp³-hybridized carbons (Fsp3) is 0.188. The highest BCUT2D eigenvalue weighted by atomic mass is 35.5. The van der Waals surface area contributed by atoms with Crippen molar-refractivity contribution in [3.63, 3.8) is 0 Å². The third-order valence-corrected chi connectivity index (χ3v) is 3.65. The Morgan fingerprint density at radius 2 is 1.86 bits per heavy atom. The second-order valence-corrected chi connectivity index (χ2v) is 5.73. The van der Waals surface area contributed by atoms with Crippen LogP contribution in [0.1, 0.15) is 17.2 Å². The summed E-state index contributed by atoms with van der Waals surface area (Å²) in [6.07, 6.45) is -0.909. The molecule has 2 aromatic rings. The average Bonchev–Trinajstić information content (AvgIpc) is 2.47. The van der Waals surface area contributed by atoms with Crippen LogP contribution in [0.2, 0.25) is 10.0 Å². The highest BCUT2D eigenvalue weighted by Crippen LogP contribution is 2.25. The molecule has 2 rings (SSSR count). The molecule has 2 amide bonds. The van der Waals surface area contributed by atoms with Crippen LogP contribution in [0.3, 0.4) is 0 Å².